The summed E-state index contributed by atoms with van der Waals surface area (Å²) in [5.41, 5.74) is 3.10. The smallest absolute Gasteiger partial charge is 0.317 e. The minimum atomic E-state index is 0.0658. The lowest BCUT2D eigenvalue weighted by molar-refractivity contribution is 0.200. The Hall–Kier alpha value is -2.36. The highest BCUT2D eigenvalue weighted by Crippen LogP contribution is 2.16. The van der Waals surface area contributed by atoms with Crippen LogP contribution < -0.4 is 5.32 Å². The number of hydrogen-bond donors (Lipinski definition) is 1. The molecule has 0 atom stereocenters. The van der Waals surface area contributed by atoms with Gasteiger partial charge in [-0.25, -0.2) is 4.79 Å². The second-order valence-corrected chi connectivity index (χ2v) is 6.26. The van der Waals surface area contributed by atoms with Gasteiger partial charge in [-0.3, -0.25) is 4.98 Å². The summed E-state index contributed by atoms with van der Waals surface area (Å²) in [5.74, 6) is 0. The lowest BCUT2D eigenvalue weighted by Crippen LogP contribution is -2.41. The molecule has 3 rings (SSSR count). The van der Waals surface area contributed by atoms with Crippen LogP contribution in [-0.4, -0.2) is 35.5 Å². The summed E-state index contributed by atoms with van der Waals surface area (Å²) in [6, 6.07) is 16.3. The van der Waals surface area contributed by atoms with E-state index in [1.807, 2.05) is 41.3 Å². The van der Waals surface area contributed by atoms with Crippen molar-refractivity contribution in [2.75, 3.05) is 19.6 Å². The van der Waals surface area contributed by atoms with E-state index < -0.39 is 0 Å². The van der Waals surface area contributed by atoms with E-state index in [4.69, 9.17) is 4.98 Å². The third-order valence-corrected chi connectivity index (χ3v) is 4.43. The van der Waals surface area contributed by atoms with Gasteiger partial charge in [0.1, 0.15) is 0 Å². The van der Waals surface area contributed by atoms with Crippen LogP contribution in [0.15, 0.2) is 48.5 Å². The number of likely N-dealkylation sites (tertiary alicyclic amines) is 1. The van der Waals surface area contributed by atoms with E-state index in [0.717, 1.165) is 49.3 Å². The monoisotopic (exact) mass is 323 g/mol. The Morgan fingerprint density at radius 3 is 2.46 bits per heavy atom. The fraction of sp³-hybridized carbons (Fsp3) is 0.400. The molecule has 0 saturated carbocycles. The summed E-state index contributed by atoms with van der Waals surface area (Å²) in [5, 5.41) is 3.03. The molecule has 0 bridgehead atoms. The summed E-state index contributed by atoms with van der Waals surface area (Å²) < 4.78 is 0. The van der Waals surface area contributed by atoms with Gasteiger partial charge < -0.3 is 10.2 Å². The van der Waals surface area contributed by atoms with Crippen LogP contribution in [0.1, 0.15) is 31.4 Å². The molecule has 0 spiro atoms. The second kappa shape index (κ2) is 8.48. The largest absolute Gasteiger partial charge is 0.338 e. The molecule has 1 fully saturated rings. The Labute approximate surface area is 143 Å². The summed E-state index contributed by atoms with van der Waals surface area (Å²) in [7, 11) is 0. The zero-order valence-corrected chi connectivity index (χ0v) is 14.1. The maximum atomic E-state index is 12.2. The number of carbonyl (C=O) groups is 1. The van der Waals surface area contributed by atoms with Crippen LogP contribution in [0.4, 0.5) is 4.79 Å². The molecule has 1 aliphatic heterocycles. The number of hydrogen-bond acceptors (Lipinski definition) is 2. The van der Waals surface area contributed by atoms with Gasteiger partial charge in [-0.05, 0) is 25.0 Å². The number of aromatic nitrogens is 1. The molecule has 0 unspecified atom stereocenters. The van der Waals surface area contributed by atoms with Crippen molar-refractivity contribution in [2.45, 2.75) is 32.1 Å². The number of benzene rings is 1. The maximum Gasteiger partial charge on any atom is 0.317 e. The van der Waals surface area contributed by atoms with Gasteiger partial charge in [-0.15, -0.1) is 0 Å². The fourth-order valence-corrected chi connectivity index (χ4v) is 3.07. The van der Waals surface area contributed by atoms with Gasteiger partial charge in [0.05, 0.1) is 5.69 Å². The summed E-state index contributed by atoms with van der Waals surface area (Å²) in [6.45, 7) is 2.39. The predicted octanol–water partition coefficient (Wildman–Crippen LogP) is 3.88. The normalized spacial score (nSPS) is 14.9. The van der Waals surface area contributed by atoms with Crippen LogP contribution in [0.25, 0.3) is 11.3 Å². The zero-order chi connectivity index (χ0) is 16.6. The van der Waals surface area contributed by atoms with Crippen LogP contribution in [-0.2, 0) is 6.42 Å². The van der Waals surface area contributed by atoms with E-state index in [2.05, 4.69) is 17.4 Å². The minimum Gasteiger partial charge on any atom is -0.338 e. The Balaban J connectivity index is 1.52. The molecule has 1 aromatic heterocycles. The maximum absolute atomic E-state index is 12.2. The van der Waals surface area contributed by atoms with Gasteiger partial charge in [0.2, 0.25) is 0 Å². The molecule has 1 aliphatic rings. The van der Waals surface area contributed by atoms with E-state index in [0.29, 0.717) is 6.54 Å². The van der Waals surface area contributed by atoms with Crippen molar-refractivity contribution in [3.63, 3.8) is 0 Å². The van der Waals surface area contributed by atoms with Crippen LogP contribution >= 0.6 is 0 Å². The lowest BCUT2D eigenvalue weighted by atomic mass is 10.1. The molecule has 1 aromatic carbocycles. The van der Waals surface area contributed by atoms with E-state index in [1.165, 1.54) is 12.8 Å². The third kappa shape index (κ3) is 4.57. The summed E-state index contributed by atoms with van der Waals surface area (Å²) in [6.07, 6.45) is 5.46. The molecule has 4 heteroatoms. The van der Waals surface area contributed by atoms with E-state index in [1.54, 1.807) is 0 Å². The first-order chi connectivity index (χ1) is 11.8. The summed E-state index contributed by atoms with van der Waals surface area (Å²) >= 11 is 0. The molecule has 2 heterocycles. The molecule has 126 valence electrons. The quantitative estimate of drug-likeness (QED) is 0.928. The molecule has 2 aromatic rings. The number of nitrogens with zero attached hydrogens (tertiary/aromatic N) is 2. The van der Waals surface area contributed by atoms with Gasteiger partial charge >= 0.3 is 6.03 Å². The zero-order valence-electron chi connectivity index (χ0n) is 14.1. The molecular formula is C20H25N3O. The highest BCUT2D eigenvalue weighted by atomic mass is 16.2. The summed E-state index contributed by atoms with van der Waals surface area (Å²) in [4.78, 5) is 18.9. The molecule has 4 nitrogen and oxygen atoms in total. The molecule has 24 heavy (non-hydrogen) atoms. The lowest BCUT2D eigenvalue weighted by Gasteiger charge is -2.20. The molecule has 1 saturated heterocycles. The third-order valence-electron chi connectivity index (χ3n) is 4.43. The second-order valence-electron chi connectivity index (χ2n) is 6.26. The topological polar surface area (TPSA) is 45.2 Å². The predicted molar refractivity (Wildman–Crippen MR) is 96.8 cm³/mol. The SMILES string of the molecule is O=C(NCCc1cccc(-c2ccccc2)n1)N1CCCCCC1. The number of carbonyl (C=O) groups excluding carboxylic acids is 1. The molecule has 0 aliphatic carbocycles. The van der Waals surface area contributed by atoms with Crippen LogP contribution in [0.3, 0.4) is 0 Å². The van der Waals surface area contributed by atoms with Gasteiger partial charge in [0.25, 0.3) is 0 Å². The van der Waals surface area contributed by atoms with Crippen molar-refractivity contribution in [2.24, 2.45) is 0 Å². The van der Waals surface area contributed by atoms with Crippen molar-refractivity contribution >= 4 is 6.03 Å². The number of amides is 2. The first kappa shape index (κ1) is 16.5. The van der Waals surface area contributed by atoms with Gasteiger partial charge in [0.15, 0.2) is 0 Å². The van der Waals surface area contributed by atoms with E-state index in [-0.39, 0.29) is 6.03 Å². The Bertz CT molecular complexity index is 649. The van der Waals surface area contributed by atoms with Crippen LogP contribution in [0.5, 0.6) is 0 Å². The first-order valence-electron chi connectivity index (χ1n) is 8.87. The van der Waals surface area contributed by atoms with E-state index >= 15 is 0 Å². The van der Waals surface area contributed by atoms with Gasteiger partial charge in [0, 0.05) is 37.3 Å². The molecule has 1 N–H and O–H groups in total. The first-order valence-corrected chi connectivity index (χ1v) is 8.87. The number of rotatable bonds is 4. The van der Waals surface area contributed by atoms with Crippen molar-refractivity contribution in [3.05, 3.63) is 54.2 Å². The molecule has 2 amide bonds. The number of nitrogens with one attached hydrogen (secondary N) is 1. The average Bonchev–Trinajstić information content (AvgIpc) is 2.92. The fourth-order valence-electron chi connectivity index (χ4n) is 3.07. The number of urea groups is 1. The minimum absolute atomic E-state index is 0.0658. The average molecular weight is 323 g/mol. The highest BCUT2D eigenvalue weighted by molar-refractivity contribution is 5.74. The van der Waals surface area contributed by atoms with Gasteiger partial charge in [-0.1, -0.05) is 49.2 Å². The highest BCUT2D eigenvalue weighted by Gasteiger charge is 2.14. The van der Waals surface area contributed by atoms with E-state index in [9.17, 15) is 4.79 Å². The van der Waals surface area contributed by atoms with Crippen molar-refractivity contribution < 1.29 is 4.79 Å². The number of pyridine rings is 1. The Morgan fingerprint density at radius 2 is 1.71 bits per heavy atom. The van der Waals surface area contributed by atoms with Crippen molar-refractivity contribution in [3.8, 4) is 11.3 Å². The standard InChI is InChI=1S/C20H25N3O/c24-20(23-15-6-1-2-7-16-23)21-14-13-18-11-8-12-19(22-18)17-9-4-3-5-10-17/h3-5,8-12H,1-2,6-7,13-16H2,(H,21,24). The van der Waals surface area contributed by atoms with Gasteiger partial charge in [-0.2, -0.15) is 0 Å². The van der Waals surface area contributed by atoms with Crippen LogP contribution in [0.2, 0.25) is 0 Å². The van der Waals surface area contributed by atoms with Crippen molar-refractivity contribution in [1.82, 2.24) is 15.2 Å². The van der Waals surface area contributed by atoms with Crippen molar-refractivity contribution in [1.29, 1.82) is 0 Å². The Morgan fingerprint density at radius 1 is 0.958 bits per heavy atom. The Kier molecular flexibility index (Phi) is 5.83. The molecular weight excluding hydrogens is 298 g/mol. The molecule has 0 radical (unpaired) electrons. The van der Waals surface area contributed by atoms with Crippen LogP contribution in [0, 0.1) is 0 Å².